The van der Waals surface area contributed by atoms with Gasteiger partial charge in [-0.25, -0.2) is 0 Å². The van der Waals surface area contributed by atoms with Crippen molar-refractivity contribution in [2.75, 3.05) is 11.4 Å². The third-order valence-corrected chi connectivity index (χ3v) is 2.47. The number of anilines is 1. The minimum Gasteiger partial charge on any atom is -0.312 e. The molecule has 2 nitrogen and oxygen atoms in total. The van der Waals surface area contributed by atoms with E-state index in [4.69, 9.17) is 11.6 Å². The Morgan fingerprint density at radius 1 is 1.33 bits per heavy atom. The topological polar surface area (TPSA) is 20.3 Å². The van der Waals surface area contributed by atoms with Crippen molar-refractivity contribution in [3.63, 3.8) is 0 Å². The van der Waals surface area contributed by atoms with Crippen molar-refractivity contribution in [2.24, 2.45) is 5.92 Å². The molecule has 15 heavy (non-hydrogen) atoms. The largest absolute Gasteiger partial charge is 0.312 e. The maximum atomic E-state index is 11.9. The number of hydrogen-bond donors (Lipinski definition) is 0. The lowest BCUT2D eigenvalue weighted by Gasteiger charge is -2.23. The Bertz CT molecular complexity index is 332. The molecule has 0 radical (unpaired) electrons. The number of hydrogen-bond acceptors (Lipinski definition) is 1. The van der Waals surface area contributed by atoms with Gasteiger partial charge in [-0.2, -0.15) is 0 Å². The molecule has 0 spiro atoms. The van der Waals surface area contributed by atoms with Gasteiger partial charge in [0.15, 0.2) is 0 Å². The quantitative estimate of drug-likeness (QED) is 0.773. The van der Waals surface area contributed by atoms with Crippen LogP contribution in [0.4, 0.5) is 5.69 Å². The first-order chi connectivity index (χ1) is 7.06. The number of nitrogens with zero attached hydrogens (tertiary/aromatic N) is 1. The van der Waals surface area contributed by atoms with Crippen LogP contribution >= 0.6 is 11.6 Å². The second-order valence-corrected chi connectivity index (χ2v) is 4.15. The molecule has 0 unspecified atom stereocenters. The summed E-state index contributed by atoms with van der Waals surface area (Å²) in [6.07, 6.45) is 0. The molecule has 1 aromatic carbocycles. The van der Waals surface area contributed by atoms with E-state index < -0.39 is 0 Å². The highest BCUT2D eigenvalue weighted by atomic mass is 35.5. The summed E-state index contributed by atoms with van der Waals surface area (Å²) in [5.41, 5.74) is 0.903. The summed E-state index contributed by atoms with van der Waals surface area (Å²) in [4.78, 5) is 13.6. The van der Waals surface area contributed by atoms with Gasteiger partial charge in [-0.15, -0.1) is 0 Å². The van der Waals surface area contributed by atoms with Gasteiger partial charge in [0.1, 0.15) is 0 Å². The predicted octanol–water partition coefficient (Wildman–Crippen LogP) is 3.35. The van der Waals surface area contributed by atoms with Crippen LogP contribution in [0.5, 0.6) is 0 Å². The smallest absolute Gasteiger partial charge is 0.229 e. The van der Waals surface area contributed by atoms with E-state index in [2.05, 4.69) is 0 Å². The van der Waals surface area contributed by atoms with Crippen LogP contribution < -0.4 is 4.90 Å². The number of amides is 1. The Hall–Kier alpha value is -1.02. The molecule has 0 saturated heterocycles. The third-order valence-electron chi connectivity index (χ3n) is 2.21. The van der Waals surface area contributed by atoms with E-state index in [1.54, 1.807) is 17.0 Å². The van der Waals surface area contributed by atoms with Crippen LogP contribution in [0.1, 0.15) is 20.8 Å². The highest BCUT2D eigenvalue weighted by Crippen LogP contribution is 2.19. The van der Waals surface area contributed by atoms with Gasteiger partial charge < -0.3 is 4.90 Å². The molecule has 0 aliphatic rings. The molecule has 1 rings (SSSR count). The fourth-order valence-corrected chi connectivity index (χ4v) is 1.52. The first-order valence-electron chi connectivity index (χ1n) is 5.13. The van der Waals surface area contributed by atoms with E-state index in [0.717, 1.165) is 5.69 Å². The van der Waals surface area contributed by atoms with Gasteiger partial charge >= 0.3 is 0 Å². The average molecular weight is 226 g/mol. The average Bonchev–Trinajstić information content (AvgIpc) is 2.21. The van der Waals surface area contributed by atoms with Gasteiger partial charge in [-0.3, -0.25) is 4.79 Å². The molecule has 0 fully saturated rings. The number of halogens is 1. The Balaban J connectivity index is 2.92. The molecule has 0 aromatic heterocycles. The zero-order chi connectivity index (χ0) is 11.4. The van der Waals surface area contributed by atoms with Gasteiger partial charge in [0, 0.05) is 23.2 Å². The molecule has 0 bridgehead atoms. The van der Waals surface area contributed by atoms with Crippen LogP contribution in [0, 0.1) is 5.92 Å². The molecule has 0 aliphatic heterocycles. The minimum absolute atomic E-state index is 0.0145. The van der Waals surface area contributed by atoms with E-state index in [-0.39, 0.29) is 11.8 Å². The van der Waals surface area contributed by atoms with Crippen LogP contribution in [-0.4, -0.2) is 12.5 Å². The number of rotatable bonds is 3. The molecule has 1 aromatic rings. The monoisotopic (exact) mass is 225 g/mol. The fourth-order valence-electron chi connectivity index (χ4n) is 1.40. The number of carbonyl (C=O) groups is 1. The summed E-state index contributed by atoms with van der Waals surface area (Å²) in [7, 11) is 0. The molecular weight excluding hydrogens is 210 g/mol. The van der Waals surface area contributed by atoms with Crippen LogP contribution in [0.15, 0.2) is 24.3 Å². The maximum Gasteiger partial charge on any atom is 0.229 e. The van der Waals surface area contributed by atoms with Gasteiger partial charge in [0.2, 0.25) is 5.91 Å². The summed E-state index contributed by atoms with van der Waals surface area (Å²) in [6.45, 7) is 6.45. The van der Waals surface area contributed by atoms with Crippen LogP contribution in [-0.2, 0) is 4.79 Å². The normalized spacial score (nSPS) is 10.5. The van der Waals surface area contributed by atoms with Crippen LogP contribution in [0.3, 0.4) is 0 Å². The maximum absolute atomic E-state index is 11.9. The van der Waals surface area contributed by atoms with E-state index >= 15 is 0 Å². The van der Waals surface area contributed by atoms with E-state index in [1.807, 2.05) is 32.9 Å². The van der Waals surface area contributed by atoms with Crippen molar-refractivity contribution in [3.05, 3.63) is 29.3 Å². The lowest BCUT2D eigenvalue weighted by Crippen LogP contribution is -2.33. The molecule has 0 heterocycles. The third kappa shape index (κ3) is 2.96. The lowest BCUT2D eigenvalue weighted by atomic mass is 10.1. The SMILES string of the molecule is CCN(C(=O)C(C)C)c1ccc(Cl)cc1. The fraction of sp³-hybridized carbons (Fsp3) is 0.417. The molecule has 0 saturated carbocycles. The summed E-state index contributed by atoms with van der Waals surface area (Å²) in [6, 6.07) is 7.33. The van der Waals surface area contributed by atoms with Gasteiger partial charge in [-0.1, -0.05) is 25.4 Å². The van der Waals surface area contributed by atoms with E-state index in [9.17, 15) is 4.79 Å². The highest BCUT2D eigenvalue weighted by molar-refractivity contribution is 6.30. The van der Waals surface area contributed by atoms with Crippen LogP contribution in [0.2, 0.25) is 5.02 Å². The summed E-state index contributed by atoms with van der Waals surface area (Å²) in [5, 5.41) is 0.687. The van der Waals surface area contributed by atoms with Gasteiger partial charge in [0.05, 0.1) is 0 Å². The van der Waals surface area contributed by atoms with E-state index in [0.29, 0.717) is 11.6 Å². The van der Waals surface area contributed by atoms with Crippen molar-refractivity contribution in [1.29, 1.82) is 0 Å². The molecule has 0 atom stereocenters. The minimum atomic E-state index is 0.0145. The van der Waals surface area contributed by atoms with Gasteiger partial charge in [0.25, 0.3) is 0 Å². The second-order valence-electron chi connectivity index (χ2n) is 3.71. The standard InChI is InChI=1S/C12H16ClNO/c1-4-14(12(15)9(2)3)11-7-5-10(13)6-8-11/h5-9H,4H2,1-3H3. The van der Waals surface area contributed by atoms with Crippen LogP contribution in [0.25, 0.3) is 0 Å². The Labute approximate surface area is 95.8 Å². The summed E-state index contributed by atoms with van der Waals surface area (Å²) < 4.78 is 0. The zero-order valence-corrected chi connectivity index (χ0v) is 10.1. The summed E-state index contributed by atoms with van der Waals surface area (Å²) in [5.74, 6) is 0.153. The number of carbonyl (C=O) groups excluding carboxylic acids is 1. The van der Waals surface area contributed by atoms with Crippen molar-refractivity contribution >= 4 is 23.2 Å². The van der Waals surface area contributed by atoms with Crippen molar-refractivity contribution in [3.8, 4) is 0 Å². The zero-order valence-electron chi connectivity index (χ0n) is 9.33. The molecule has 82 valence electrons. The van der Waals surface area contributed by atoms with Gasteiger partial charge in [-0.05, 0) is 31.2 Å². The molecule has 0 N–H and O–H groups in total. The second kappa shape index (κ2) is 5.17. The lowest BCUT2D eigenvalue weighted by molar-refractivity contribution is -0.121. The summed E-state index contributed by atoms with van der Waals surface area (Å²) >= 11 is 5.80. The Morgan fingerprint density at radius 3 is 2.27 bits per heavy atom. The van der Waals surface area contributed by atoms with Crippen molar-refractivity contribution < 1.29 is 4.79 Å². The Kier molecular flexibility index (Phi) is 4.15. The van der Waals surface area contributed by atoms with Crippen molar-refractivity contribution in [1.82, 2.24) is 0 Å². The predicted molar refractivity (Wildman–Crippen MR) is 64.3 cm³/mol. The van der Waals surface area contributed by atoms with Crippen molar-refractivity contribution in [2.45, 2.75) is 20.8 Å². The molecule has 1 amide bonds. The van der Waals surface area contributed by atoms with E-state index in [1.165, 1.54) is 0 Å². The molecule has 0 aliphatic carbocycles. The highest BCUT2D eigenvalue weighted by Gasteiger charge is 2.16. The Morgan fingerprint density at radius 2 is 1.87 bits per heavy atom. The molecule has 3 heteroatoms. The number of benzene rings is 1. The first kappa shape index (κ1) is 12.1. The molecular formula is C12H16ClNO. The first-order valence-corrected chi connectivity index (χ1v) is 5.51.